The third-order valence-corrected chi connectivity index (χ3v) is 5.55. The number of carboxylic acids is 1. The Morgan fingerprint density at radius 3 is 1.59 bits per heavy atom. The van der Waals surface area contributed by atoms with Crippen LogP contribution in [-0.4, -0.2) is 84.7 Å². The smallest absolute Gasteiger partial charge is 0.326 e. The van der Waals surface area contributed by atoms with Crippen LogP contribution in [0.1, 0.15) is 37.1 Å². The molecular weight excluding hydrogens is 516 g/mol. The SMILES string of the molecule is NC(=O)CCC(NC(=O)C(N)Cc1cnc[nH]1)C(=O)NC(CCC(N)=O)C(=O)NC(Cc1cnc[nH]1)C(=O)O. The number of amides is 5. The van der Waals surface area contributed by atoms with E-state index in [9.17, 15) is 33.9 Å². The van der Waals surface area contributed by atoms with Crippen LogP contribution in [0.25, 0.3) is 0 Å². The second-order valence-electron chi connectivity index (χ2n) is 8.70. The minimum Gasteiger partial charge on any atom is -0.480 e. The van der Waals surface area contributed by atoms with Crippen LogP contribution in [0, 0.1) is 0 Å². The second-order valence-corrected chi connectivity index (χ2v) is 8.70. The number of carbonyl (C=O) groups excluding carboxylic acids is 5. The highest BCUT2D eigenvalue weighted by atomic mass is 16.4. The van der Waals surface area contributed by atoms with E-state index < -0.39 is 59.7 Å². The van der Waals surface area contributed by atoms with Crippen LogP contribution in [0.4, 0.5) is 0 Å². The van der Waals surface area contributed by atoms with Crippen LogP contribution in [0.2, 0.25) is 0 Å². The van der Waals surface area contributed by atoms with Crippen LogP contribution < -0.4 is 33.2 Å². The number of H-pyrrole nitrogens is 2. The largest absolute Gasteiger partial charge is 0.480 e. The summed E-state index contributed by atoms with van der Waals surface area (Å²) in [7, 11) is 0. The highest BCUT2D eigenvalue weighted by Gasteiger charge is 2.31. The van der Waals surface area contributed by atoms with E-state index in [2.05, 4.69) is 35.9 Å². The lowest BCUT2D eigenvalue weighted by molar-refractivity contribution is -0.142. The van der Waals surface area contributed by atoms with Crippen molar-refractivity contribution in [3.8, 4) is 0 Å². The third kappa shape index (κ3) is 10.6. The van der Waals surface area contributed by atoms with Gasteiger partial charge in [-0.05, 0) is 12.8 Å². The van der Waals surface area contributed by atoms with E-state index in [1.54, 1.807) is 0 Å². The van der Waals surface area contributed by atoms with Crippen molar-refractivity contribution in [1.29, 1.82) is 0 Å². The Morgan fingerprint density at radius 1 is 0.744 bits per heavy atom. The Balaban J connectivity index is 2.14. The summed E-state index contributed by atoms with van der Waals surface area (Å²) < 4.78 is 0. The zero-order valence-corrected chi connectivity index (χ0v) is 20.9. The first kappa shape index (κ1) is 30.4. The summed E-state index contributed by atoms with van der Waals surface area (Å²) in [5.74, 6) is -5.38. The normalized spacial score (nSPS) is 13.9. The number of aromatic amines is 2. The molecule has 212 valence electrons. The Bertz CT molecular complexity index is 1140. The molecule has 0 aromatic carbocycles. The topological polar surface area (TPSA) is 294 Å². The van der Waals surface area contributed by atoms with Gasteiger partial charge in [-0.3, -0.25) is 24.0 Å². The molecule has 2 aromatic heterocycles. The van der Waals surface area contributed by atoms with Crippen molar-refractivity contribution >= 4 is 35.5 Å². The molecule has 2 rings (SSSR count). The van der Waals surface area contributed by atoms with Crippen LogP contribution in [0.15, 0.2) is 25.0 Å². The van der Waals surface area contributed by atoms with E-state index in [4.69, 9.17) is 17.2 Å². The van der Waals surface area contributed by atoms with Gasteiger partial charge < -0.3 is 48.2 Å². The molecule has 17 nitrogen and oxygen atoms in total. The molecule has 0 bridgehead atoms. The van der Waals surface area contributed by atoms with E-state index in [1.807, 2.05) is 0 Å². The fourth-order valence-corrected chi connectivity index (χ4v) is 3.48. The average Bonchev–Trinajstić information content (AvgIpc) is 3.57. The van der Waals surface area contributed by atoms with Crippen molar-refractivity contribution in [2.24, 2.45) is 17.2 Å². The molecule has 0 radical (unpaired) electrons. The highest BCUT2D eigenvalue weighted by molar-refractivity contribution is 5.94. The fraction of sp³-hybridized carbons (Fsp3) is 0.455. The number of carbonyl (C=O) groups is 6. The first-order valence-corrected chi connectivity index (χ1v) is 11.9. The molecule has 12 N–H and O–H groups in total. The maximum absolute atomic E-state index is 13.1. The maximum Gasteiger partial charge on any atom is 0.326 e. The van der Waals surface area contributed by atoms with Crippen molar-refractivity contribution in [3.05, 3.63) is 36.4 Å². The molecule has 39 heavy (non-hydrogen) atoms. The van der Waals surface area contributed by atoms with Gasteiger partial charge in [0.05, 0.1) is 18.7 Å². The lowest BCUT2D eigenvalue weighted by atomic mass is 10.0. The van der Waals surface area contributed by atoms with Crippen molar-refractivity contribution in [1.82, 2.24) is 35.9 Å². The van der Waals surface area contributed by atoms with Crippen molar-refractivity contribution in [2.75, 3.05) is 0 Å². The van der Waals surface area contributed by atoms with Crippen LogP contribution >= 0.6 is 0 Å². The van der Waals surface area contributed by atoms with Gasteiger partial charge in [0, 0.05) is 49.5 Å². The van der Waals surface area contributed by atoms with E-state index in [-0.39, 0.29) is 38.5 Å². The summed E-state index contributed by atoms with van der Waals surface area (Å²) >= 11 is 0. The van der Waals surface area contributed by atoms with Gasteiger partial charge in [-0.2, -0.15) is 0 Å². The molecule has 4 atom stereocenters. The number of nitrogens with two attached hydrogens (primary N) is 3. The third-order valence-electron chi connectivity index (χ3n) is 5.55. The summed E-state index contributed by atoms with van der Waals surface area (Å²) in [5, 5.41) is 16.7. The number of hydrogen-bond acceptors (Lipinski definition) is 9. The standard InChI is InChI=1S/C22H32N10O7/c23-13(5-11-7-26-9-28-11)19(35)30-14(1-3-17(24)33)20(36)31-15(2-4-18(25)34)21(37)32-16(22(38)39)6-12-8-27-10-29-12/h7-10,13-16H,1-6,23H2,(H2,24,33)(H2,25,34)(H,26,28)(H,27,29)(H,30,35)(H,31,36)(H,32,37)(H,38,39). The van der Waals surface area contributed by atoms with E-state index in [0.29, 0.717) is 11.4 Å². The quantitative estimate of drug-likeness (QED) is 0.0932. The van der Waals surface area contributed by atoms with Gasteiger partial charge in [0.1, 0.15) is 18.1 Å². The first-order valence-electron chi connectivity index (χ1n) is 11.9. The van der Waals surface area contributed by atoms with E-state index >= 15 is 0 Å². The summed E-state index contributed by atoms with van der Waals surface area (Å²) in [6, 6.07) is -5.21. The number of imidazole rings is 2. The highest BCUT2D eigenvalue weighted by Crippen LogP contribution is 2.06. The first-order chi connectivity index (χ1) is 18.5. The zero-order chi connectivity index (χ0) is 28.9. The number of carboxylic acid groups (broad SMARTS) is 1. The lowest BCUT2D eigenvalue weighted by Crippen LogP contribution is -2.57. The van der Waals surface area contributed by atoms with Crippen molar-refractivity contribution in [2.45, 2.75) is 62.7 Å². The molecule has 0 saturated carbocycles. The number of nitrogens with one attached hydrogen (secondary N) is 5. The van der Waals surface area contributed by atoms with E-state index in [0.717, 1.165) is 0 Å². The molecule has 17 heteroatoms. The van der Waals surface area contributed by atoms with Gasteiger partial charge in [-0.25, -0.2) is 14.8 Å². The maximum atomic E-state index is 13.1. The summed E-state index contributed by atoms with van der Waals surface area (Å²) in [6.07, 6.45) is 4.47. The Labute approximate surface area is 222 Å². The molecular formula is C22H32N10O7. The number of hydrogen-bond donors (Lipinski definition) is 9. The Hall–Kier alpha value is -4.80. The summed E-state index contributed by atoms with van der Waals surface area (Å²) in [5.41, 5.74) is 17.3. The van der Waals surface area contributed by atoms with Gasteiger partial charge in [0.25, 0.3) is 0 Å². The van der Waals surface area contributed by atoms with Crippen LogP contribution in [-0.2, 0) is 41.6 Å². The predicted octanol–water partition coefficient (Wildman–Crippen LogP) is -3.68. The molecule has 5 amide bonds. The van der Waals surface area contributed by atoms with E-state index in [1.165, 1.54) is 25.0 Å². The monoisotopic (exact) mass is 548 g/mol. The zero-order valence-electron chi connectivity index (χ0n) is 20.9. The summed E-state index contributed by atoms with van der Waals surface area (Å²) in [6.45, 7) is 0. The molecule has 2 heterocycles. The van der Waals surface area contributed by atoms with Gasteiger partial charge in [-0.15, -0.1) is 0 Å². The fourth-order valence-electron chi connectivity index (χ4n) is 3.48. The minimum absolute atomic E-state index is 0.0759. The van der Waals surface area contributed by atoms with Crippen LogP contribution in [0.5, 0.6) is 0 Å². The summed E-state index contributed by atoms with van der Waals surface area (Å²) in [4.78, 5) is 86.3. The van der Waals surface area contributed by atoms with Gasteiger partial charge in [-0.1, -0.05) is 0 Å². The molecule has 0 saturated heterocycles. The molecule has 0 fully saturated rings. The second kappa shape index (κ2) is 14.8. The van der Waals surface area contributed by atoms with Crippen molar-refractivity contribution < 1.29 is 33.9 Å². The molecule has 2 aromatic rings. The molecule has 0 aliphatic heterocycles. The molecule has 0 spiro atoms. The van der Waals surface area contributed by atoms with Crippen LogP contribution in [0.3, 0.4) is 0 Å². The molecule has 0 aliphatic rings. The molecule has 0 aliphatic carbocycles. The number of rotatable bonds is 17. The van der Waals surface area contributed by atoms with Gasteiger partial charge in [0.2, 0.25) is 29.5 Å². The van der Waals surface area contributed by atoms with Crippen molar-refractivity contribution in [3.63, 3.8) is 0 Å². The average molecular weight is 549 g/mol. The Morgan fingerprint density at radius 2 is 1.18 bits per heavy atom. The number of aromatic nitrogens is 4. The lowest BCUT2D eigenvalue weighted by Gasteiger charge is -2.25. The molecule has 4 unspecified atom stereocenters. The van der Waals surface area contributed by atoms with Gasteiger partial charge in [0.15, 0.2) is 0 Å². The Kier molecular flexibility index (Phi) is 11.6. The van der Waals surface area contributed by atoms with Gasteiger partial charge >= 0.3 is 5.97 Å². The number of primary amides is 2. The minimum atomic E-state index is -1.40. The predicted molar refractivity (Wildman–Crippen MR) is 133 cm³/mol. The number of nitrogens with zero attached hydrogens (tertiary/aromatic N) is 2. The number of aliphatic carboxylic acids is 1.